The Morgan fingerprint density at radius 1 is 0.842 bits per heavy atom. The summed E-state index contributed by atoms with van der Waals surface area (Å²) in [5.74, 6) is 2.64. The Morgan fingerprint density at radius 3 is 1.53 bits per heavy atom. The van der Waals surface area contributed by atoms with Crippen LogP contribution in [0.4, 0.5) is 0 Å². The number of hydrogen-bond acceptors (Lipinski definition) is 0. The molecule has 2 aliphatic carbocycles. The molecule has 1 heteroatoms. The molecule has 19 heavy (non-hydrogen) atoms. The van der Waals surface area contributed by atoms with Crippen LogP contribution in [0.2, 0.25) is 0 Å². The fourth-order valence-corrected chi connectivity index (χ4v) is 2.76. The molecule has 0 N–H and O–H groups in total. The van der Waals surface area contributed by atoms with Crippen LogP contribution in [0.25, 0.3) is 0 Å². The van der Waals surface area contributed by atoms with Crippen molar-refractivity contribution in [3.8, 4) is 0 Å². The summed E-state index contributed by atoms with van der Waals surface area (Å²) in [6.07, 6.45) is 6.80. The molecule has 0 aliphatic heterocycles. The minimum absolute atomic E-state index is 0. The van der Waals surface area contributed by atoms with Gasteiger partial charge in [-0.2, -0.15) is 42.3 Å². The summed E-state index contributed by atoms with van der Waals surface area (Å²) in [5.41, 5.74) is 0. The standard InChI is InChI=1S/C8H12.2C5H5.Ti/c1-6-4-7-2-3-8(6)5-7;2*1-2-4-5-3-1;/h4,6-8H,1-3,5H2;2*1-5H;/q-2;2*-1;+4. The molecule has 2 aromatic rings. The van der Waals surface area contributed by atoms with E-state index in [-0.39, 0.29) is 21.7 Å². The summed E-state index contributed by atoms with van der Waals surface area (Å²) in [6, 6.07) is 20.0. The average molecular weight is 286 g/mol. The molecular formula is C18H22Ti. The second-order valence-electron chi connectivity index (χ2n) is 5.11. The zero-order chi connectivity index (χ0) is 12.6. The Bertz CT molecular complexity index is 311. The maximum absolute atomic E-state index is 4.06. The second kappa shape index (κ2) is 9.34. The molecule has 0 radical (unpaired) electrons. The first-order valence-electron chi connectivity index (χ1n) is 6.87. The van der Waals surface area contributed by atoms with Crippen LogP contribution in [0.3, 0.4) is 0 Å². The predicted molar refractivity (Wildman–Crippen MR) is 78.0 cm³/mol. The number of hydrogen-bond donors (Lipinski definition) is 0. The molecule has 0 saturated heterocycles. The maximum atomic E-state index is 4.06. The fraction of sp³-hybridized carbons (Fsp3) is 0.333. The van der Waals surface area contributed by atoms with E-state index in [4.69, 9.17) is 0 Å². The third-order valence-electron chi connectivity index (χ3n) is 3.75. The molecule has 98 valence electrons. The molecule has 2 aromatic carbocycles. The minimum atomic E-state index is 0. The topological polar surface area (TPSA) is 0 Å². The third-order valence-corrected chi connectivity index (χ3v) is 3.75. The van der Waals surface area contributed by atoms with Gasteiger partial charge in [-0.3, -0.25) is 5.92 Å². The van der Waals surface area contributed by atoms with Gasteiger partial charge in [0.15, 0.2) is 0 Å². The van der Waals surface area contributed by atoms with E-state index in [1.54, 1.807) is 0 Å². The van der Waals surface area contributed by atoms with Gasteiger partial charge in [-0.15, -0.1) is 0 Å². The number of fused-ring (bicyclic) bond motifs is 2. The smallest absolute Gasteiger partial charge is 0.369 e. The van der Waals surface area contributed by atoms with Crippen LogP contribution >= 0.6 is 0 Å². The molecule has 3 unspecified atom stereocenters. The fourth-order valence-electron chi connectivity index (χ4n) is 2.76. The van der Waals surface area contributed by atoms with Crippen LogP contribution < -0.4 is 0 Å². The molecule has 0 heterocycles. The molecule has 2 aliphatic rings. The van der Waals surface area contributed by atoms with E-state index in [9.17, 15) is 0 Å². The van der Waals surface area contributed by atoms with Crippen molar-refractivity contribution < 1.29 is 21.7 Å². The first-order valence-corrected chi connectivity index (χ1v) is 6.87. The molecule has 2 fully saturated rings. The molecule has 0 aromatic heterocycles. The first-order chi connectivity index (χ1) is 8.86. The largest absolute Gasteiger partial charge is 4.00 e. The molecule has 2 bridgehead atoms. The molecule has 0 amide bonds. The Balaban J connectivity index is 0.000000146. The van der Waals surface area contributed by atoms with E-state index in [1.165, 1.54) is 19.3 Å². The maximum Gasteiger partial charge on any atom is 4.00 e. The quantitative estimate of drug-likeness (QED) is 0.478. The first kappa shape index (κ1) is 16.5. The summed E-state index contributed by atoms with van der Waals surface area (Å²) in [7, 11) is 0. The van der Waals surface area contributed by atoms with Gasteiger partial charge in [0.05, 0.1) is 0 Å². The van der Waals surface area contributed by atoms with Gasteiger partial charge in [-0.25, -0.2) is 24.3 Å². The Hall–Kier alpha value is -0.586. The van der Waals surface area contributed by atoms with Crippen LogP contribution in [0, 0.1) is 31.1 Å². The van der Waals surface area contributed by atoms with Gasteiger partial charge >= 0.3 is 21.7 Å². The summed E-state index contributed by atoms with van der Waals surface area (Å²) < 4.78 is 0. The summed E-state index contributed by atoms with van der Waals surface area (Å²) >= 11 is 0. The molecule has 2 saturated carbocycles. The zero-order valence-electron chi connectivity index (χ0n) is 11.4. The average Bonchev–Trinajstić information content (AvgIpc) is 3.17. The van der Waals surface area contributed by atoms with Crippen molar-refractivity contribution in [2.75, 3.05) is 0 Å². The van der Waals surface area contributed by atoms with Crippen LogP contribution in [-0.2, 0) is 21.7 Å². The van der Waals surface area contributed by atoms with Gasteiger partial charge in [0.1, 0.15) is 0 Å². The van der Waals surface area contributed by atoms with E-state index < -0.39 is 0 Å². The van der Waals surface area contributed by atoms with E-state index in [2.05, 4.69) is 13.3 Å². The number of rotatable bonds is 0. The molecule has 4 rings (SSSR count). The van der Waals surface area contributed by atoms with E-state index in [1.807, 2.05) is 60.7 Å². The predicted octanol–water partition coefficient (Wildman–Crippen LogP) is 4.88. The van der Waals surface area contributed by atoms with Crippen molar-refractivity contribution in [1.29, 1.82) is 0 Å². The Kier molecular flexibility index (Phi) is 8.09. The van der Waals surface area contributed by atoms with Crippen molar-refractivity contribution in [3.63, 3.8) is 0 Å². The molecular weight excluding hydrogens is 264 g/mol. The van der Waals surface area contributed by atoms with Gasteiger partial charge in [0.2, 0.25) is 0 Å². The van der Waals surface area contributed by atoms with Gasteiger partial charge < -0.3 is 13.3 Å². The Labute approximate surface area is 132 Å². The van der Waals surface area contributed by atoms with E-state index in [0.717, 1.165) is 11.8 Å². The van der Waals surface area contributed by atoms with Crippen LogP contribution in [0.1, 0.15) is 19.3 Å². The summed E-state index contributed by atoms with van der Waals surface area (Å²) in [6.45, 7) is 4.06. The van der Waals surface area contributed by atoms with E-state index in [0.29, 0.717) is 5.92 Å². The van der Waals surface area contributed by atoms with Crippen LogP contribution in [-0.4, -0.2) is 0 Å². The van der Waals surface area contributed by atoms with Crippen molar-refractivity contribution >= 4 is 0 Å². The van der Waals surface area contributed by atoms with Gasteiger partial charge in [-0.05, 0) is 0 Å². The monoisotopic (exact) mass is 286 g/mol. The van der Waals surface area contributed by atoms with Gasteiger partial charge in [0.25, 0.3) is 0 Å². The van der Waals surface area contributed by atoms with Gasteiger partial charge in [-0.1, -0.05) is 25.2 Å². The summed E-state index contributed by atoms with van der Waals surface area (Å²) in [5, 5.41) is 0. The second-order valence-corrected chi connectivity index (χ2v) is 5.11. The van der Waals surface area contributed by atoms with Crippen LogP contribution in [0.5, 0.6) is 0 Å². The molecule has 3 atom stereocenters. The SMILES string of the molecule is [CH2-]C1[CH-]C2CCC1C2.[Ti+4].c1cc[cH-]c1.c1cc[cH-]c1. The Morgan fingerprint density at radius 2 is 1.37 bits per heavy atom. The van der Waals surface area contributed by atoms with Crippen molar-refractivity contribution in [3.05, 3.63) is 74.0 Å². The van der Waals surface area contributed by atoms with Gasteiger partial charge in [0, 0.05) is 0 Å². The normalized spacial score (nSPS) is 26.5. The zero-order valence-corrected chi connectivity index (χ0v) is 13.0. The minimum Gasteiger partial charge on any atom is -0.369 e. The van der Waals surface area contributed by atoms with E-state index >= 15 is 0 Å². The molecule has 0 spiro atoms. The van der Waals surface area contributed by atoms with Crippen molar-refractivity contribution in [1.82, 2.24) is 0 Å². The third kappa shape index (κ3) is 5.93. The van der Waals surface area contributed by atoms with Crippen molar-refractivity contribution in [2.24, 2.45) is 17.8 Å². The molecule has 0 nitrogen and oxygen atoms in total. The van der Waals surface area contributed by atoms with Crippen molar-refractivity contribution in [2.45, 2.75) is 19.3 Å². The van der Waals surface area contributed by atoms with Crippen LogP contribution in [0.15, 0.2) is 60.7 Å². The summed E-state index contributed by atoms with van der Waals surface area (Å²) in [4.78, 5) is 0.